The van der Waals surface area contributed by atoms with Crippen LogP contribution in [0.3, 0.4) is 0 Å². The maximum atomic E-state index is 15.3. The molecular formula is C22H26FN3O3. The third-order valence-corrected chi connectivity index (χ3v) is 6.26. The summed E-state index contributed by atoms with van der Waals surface area (Å²) in [5.41, 5.74) is 2.62. The van der Waals surface area contributed by atoms with Crippen molar-refractivity contribution in [2.45, 2.75) is 45.2 Å². The van der Waals surface area contributed by atoms with Crippen molar-refractivity contribution in [2.24, 2.45) is 5.92 Å². The second-order valence-corrected chi connectivity index (χ2v) is 8.20. The van der Waals surface area contributed by atoms with Crippen LogP contribution < -0.4 is 15.8 Å². The molecule has 0 radical (unpaired) electrons. The van der Waals surface area contributed by atoms with E-state index in [2.05, 4.69) is 11.9 Å². The van der Waals surface area contributed by atoms with Crippen LogP contribution in [0.5, 0.6) is 0 Å². The lowest BCUT2D eigenvalue weighted by atomic mass is 10.0. The Morgan fingerprint density at radius 1 is 1.38 bits per heavy atom. The van der Waals surface area contributed by atoms with Crippen LogP contribution in [0.15, 0.2) is 23.5 Å². The van der Waals surface area contributed by atoms with Gasteiger partial charge in [0.25, 0.3) is 5.56 Å². The number of benzene rings is 1. The van der Waals surface area contributed by atoms with E-state index in [1.54, 1.807) is 6.08 Å². The molecule has 2 N–H and O–H groups in total. The van der Waals surface area contributed by atoms with Gasteiger partial charge < -0.3 is 19.9 Å². The molecule has 1 aromatic carbocycles. The molecule has 1 aliphatic carbocycles. The molecule has 2 aromatic rings. The fourth-order valence-electron chi connectivity index (χ4n) is 4.64. The number of carboxylic acid groups (broad SMARTS) is 1. The van der Waals surface area contributed by atoms with Crippen LogP contribution >= 0.6 is 0 Å². The van der Waals surface area contributed by atoms with Gasteiger partial charge in [0, 0.05) is 36.6 Å². The lowest BCUT2D eigenvalue weighted by molar-refractivity contribution is 0.186. The number of pyridine rings is 1. The molecule has 1 saturated carbocycles. The number of nitrogens with zero attached hydrogens (tertiary/aromatic N) is 2. The SMILES string of the molecule is C=Cc1cc(=O)n(C2CC2)c2c(C)c(N3CCC([C@H](C)NC(=O)O)C3)c(F)cc12. The van der Waals surface area contributed by atoms with Crippen molar-refractivity contribution < 1.29 is 14.3 Å². The first-order valence-electron chi connectivity index (χ1n) is 10.1. The van der Waals surface area contributed by atoms with Gasteiger partial charge in [-0.25, -0.2) is 9.18 Å². The molecule has 1 amide bonds. The van der Waals surface area contributed by atoms with Gasteiger partial charge in [-0.3, -0.25) is 4.79 Å². The van der Waals surface area contributed by atoms with Gasteiger partial charge in [-0.1, -0.05) is 12.7 Å². The first-order valence-corrected chi connectivity index (χ1v) is 10.1. The Labute approximate surface area is 168 Å². The van der Waals surface area contributed by atoms with Crippen LogP contribution in [-0.2, 0) is 0 Å². The molecule has 1 aromatic heterocycles. The molecule has 1 unspecified atom stereocenters. The number of amides is 1. The maximum Gasteiger partial charge on any atom is 0.404 e. The normalized spacial score (nSPS) is 20.1. The van der Waals surface area contributed by atoms with Crippen LogP contribution in [0.25, 0.3) is 17.0 Å². The summed E-state index contributed by atoms with van der Waals surface area (Å²) < 4.78 is 17.1. The van der Waals surface area contributed by atoms with E-state index < -0.39 is 6.09 Å². The Hall–Kier alpha value is -2.83. The monoisotopic (exact) mass is 399 g/mol. The summed E-state index contributed by atoms with van der Waals surface area (Å²) in [6, 6.07) is 3.02. The fourth-order valence-corrected chi connectivity index (χ4v) is 4.64. The van der Waals surface area contributed by atoms with Gasteiger partial charge in [-0.2, -0.15) is 0 Å². The molecule has 2 fully saturated rings. The molecule has 29 heavy (non-hydrogen) atoms. The number of fused-ring (bicyclic) bond motifs is 1. The fraction of sp³-hybridized carbons (Fsp3) is 0.455. The average Bonchev–Trinajstić information content (AvgIpc) is 3.37. The summed E-state index contributed by atoms with van der Waals surface area (Å²) in [6.45, 7) is 8.72. The number of aryl methyl sites for hydroxylation is 1. The highest BCUT2D eigenvalue weighted by atomic mass is 19.1. The third kappa shape index (κ3) is 3.39. The average molecular weight is 399 g/mol. The van der Waals surface area contributed by atoms with Gasteiger partial charge in [-0.05, 0) is 56.2 Å². The third-order valence-electron chi connectivity index (χ3n) is 6.26. The smallest absolute Gasteiger partial charge is 0.404 e. The molecule has 4 rings (SSSR count). The summed E-state index contributed by atoms with van der Waals surface area (Å²) in [7, 11) is 0. The quantitative estimate of drug-likeness (QED) is 0.799. The number of rotatable bonds is 5. The van der Waals surface area contributed by atoms with E-state index in [1.807, 2.05) is 23.3 Å². The number of carbonyl (C=O) groups is 1. The molecule has 7 heteroatoms. The van der Waals surface area contributed by atoms with Crippen LogP contribution in [-0.4, -0.2) is 34.9 Å². The Balaban J connectivity index is 1.80. The van der Waals surface area contributed by atoms with E-state index in [0.29, 0.717) is 29.7 Å². The number of anilines is 1. The number of aromatic nitrogens is 1. The summed E-state index contributed by atoms with van der Waals surface area (Å²) in [5, 5.41) is 12.2. The number of hydrogen-bond acceptors (Lipinski definition) is 3. The van der Waals surface area contributed by atoms with E-state index in [-0.39, 0.29) is 29.4 Å². The van der Waals surface area contributed by atoms with Crippen LogP contribution in [0.1, 0.15) is 43.4 Å². The highest BCUT2D eigenvalue weighted by Gasteiger charge is 2.33. The number of hydrogen-bond donors (Lipinski definition) is 2. The largest absolute Gasteiger partial charge is 0.465 e. The molecule has 2 aliphatic rings. The van der Waals surface area contributed by atoms with Gasteiger partial charge in [0.05, 0.1) is 11.2 Å². The van der Waals surface area contributed by atoms with Gasteiger partial charge in [0.2, 0.25) is 0 Å². The van der Waals surface area contributed by atoms with E-state index in [9.17, 15) is 9.59 Å². The Morgan fingerprint density at radius 3 is 2.72 bits per heavy atom. The van der Waals surface area contributed by atoms with Crippen molar-refractivity contribution in [1.82, 2.24) is 9.88 Å². The van der Waals surface area contributed by atoms with Crippen molar-refractivity contribution in [3.8, 4) is 0 Å². The Morgan fingerprint density at radius 2 is 2.10 bits per heavy atom. The minimum Gasteiger partial charge on any atom is -0.465 e. The van der Waals surface area contributed by atoms with Gasteiger partial charge in [0.1, 0.15) is 5.82 Å². The predicted molar refractivity (Wildman–Crippen MR) is 112 cm³/mol. The number of halogens is 1. The van der Waals surface area contributed by atoms with E-state index in [1.165, 1.54) is 12.1 Å². The van der Waals surface area contributed by atoms with Crippen molar-refractivity contribution in [2.75, 3.05) is 18.0 Å². The Kier molecular flexibility index (Phi) is 4.84. The second kappa shape index (κ2) is 7.21. The highest BCUT2D eigenvalue weighted by molar-refractivity contribution is 5.93. The number of nitrogens with one attached hydrogen (secondary N) is 1. The standard InChI is InChI=1S/C22H26FN3O3/c1-4-14-9-19(27)26(16-5-6-16)20-12(2)21(18(23)10-17(14)20)25-8-7-15(11-25)13(3)24-22(28)29/h4,9-10,13,15-16,24H,1,5-8,11H2,2-3H3,(H,28,29)/t13-,15?/m0/s1. The summed E-state index contributed by atoms with van der Waals surface area (Å²) in [5.74, 6) is -0.218. The van der Waals surface area contributed by atoms with E-state index in [0.717, 1.165) is 30.3 Å². The van der Waals surface area contributed by atoms with Crippen LogP contribution in [0.2, 0.25) is 0 Å². The zero-order chi connectivity index (χ0) is 20.9. The molecule has 1 aliphatic heterocycles. The molecule has 154 valence electrons. The highest BCUT2D eigenvalue weighted by Crippen LogP contribution is 2.41. The zero-order valence-electron chi connectivity index (χ0n) is 16.7. The van der Waals surface area contributed by atoms with Gasteiger partial charge >= 0.3 is 6.09 Å². The van der Waals surface area contributed by atoms with Crippen molar-refractivity contribution in [3.05, 3.63) is 46.0 Å². The summed E-state index contributed by atoms with van der Waals surface area (Å²) in [4.78, 5) is 25.7. The Bertz CT molecular complexity index is 1060. The molecule has 0 spiro atoms. The van der Waals surface area contributed by atoms with E-state index in [4.69, 9.17) is 5.11 Å². The lowest BCUT2D eigenvalue weighted by Gasteiger charge is -2.25. The first kappa shape index (κ1) is 19.5. The van der Waals surface area contributed by atoms with Crippen LogP contribution in [0.4, 0.5) is 14.9 Å². The topological polar surface area (TPSA) is 74.6 Å². The molecule has 2 heterocycles. The first-order chi connectivity index (χ1) is 13.8. The minimum absolute atomic E-state index is 0.0749. The predicted octanol–water partition coefficient (Wildman–Crippen LogP) is 3.91. The second-order valence-electron chi connectivity index (χ2n) is 8.20. The minimum atomic E-state index is -1.05. The van der Waals surface area contributed by atoms with Crippen molar-refractivity contribution in [3.63, 3.8) is 0 Å². The summed E-state index contributed by atoms with van der Waals surface area (Å²) >= 11 is 0. The zero-order valence-corrected chi connectivity index (χ0v) is 16.7. The molecule has 2 atom stereocenters. The van der Waals surface area contributed by atoms with Crippen molar-refractivity contribution >= 4 is 28.8 Å². The van der Waals surface area contributed by atoms with Crippen molar-refractivity contribution in [1.29, 1.82) is 0 Å². The molecule has 1 saturated heterocycles. The van der Waals surface area contributed by atoms with Crippen LogP contribution in [0, 0.1) is 18.7 Å². The maximum absolute atomic E-state index is 15.3. The van der Waals surface area contributed by atoms with Gasteiger partial charge in [-0.15, -0.1) is 0 Å². The molecular weight excluding hydrogens is 373 g/mol. The lowest BCUT2D eigenvalue weighted by Crippen LogP contribution is -2.38. The van der Waals surface area contributed by atoms with Gasteiger partial charge in [0.15, 0.2) is 0 Å². The molecule has 0 bridgehead atoms. The summed E-state index contributed by atoms with van der Waals surface area (Å²) in [6.07, 6.45) is 3.25. The van der Waals surface area contributed by atoms with E-state index >= 15 is 4.39 Å². The molecule has 6 nitrogen and oxygen atoms in total.